The molecule has 0 amide bonds. The highest BCUT2D eigenvalue weighted by atomic mass is 35.5. The van der Waals surface area contributed by atoms with E-state index in [9.17, 15) is 27.9 Å². The minimum absolute atomic E-state index is 0.121. The summed E-state index contributed by atoms with van der Waals surface area (Å²) in [4.78, 5) is 56.9. The molecule has 4 aliphatic rings. The number of ether oxygens (including phenoxy) is 1. The van der Waals surface area contributed by atoms with Gasteiger partial charge in [-0.25, -0.2) is 34.1 Å². The van der Waals surface area contributed by atoms with Gasteiger partial charge in [-0.2, -0.15) is 23.4 Å². The molecular formula is C55H61Cl4F3N10O6. The van der Waals surface area contributed by atoms with Crippen LogP contribution in [0.2, 0.25) is 20.1 Å². The van der Waals surface area contributed by atoms with Gasteiger partial charge in [-0.15, -0.1) is 0 Å². The van der Waals surface area contributed by atoms with Gasteiger partial charge in [-0.3, -0.25) is 19.4 Å². The molecule has 16 nitrogen and oxygen atoms in total. The van der Waals surface area contributed by atoms with E-state index < -0.39 is 18.1 Å². The highest BCUT2D eigenvalue weighted by molar-refractivity contribution is 6.35. The number of carbonyl (C=O) groups is 3. The fourth-order valence-electron chi connectivity index (χ4n) is 11.4. The maximum absolute atomic E-state index is 12.3. The summed E-state index contributed by atoms with van der Waals surface area (Å²) in [7, 11) is 1.48. The number of carbonyl (C=O) groups excluding carboxylic acids is 1. The van der Waals surface area contributed by atoms with Crippen molar-refractivity contribution in [2.24, 2.45) is 11.8 Å². The van der Waals surface area contributed by atoms with Crippen LogP contribution in [0.3, 0.4) is 0 Å². The summed E-state index contributed by atoms with van der Waals surface area (Å²) in [5.74, 6) is -2.88. The van der Waals surface area contributed by atoms with Crippen molar-refractivity contribution in [3.8, 4) is 0 Å². The lowest BCUT2D eigenvalue weighted by Crippen LogP contribution is -2.47. The monoisotopic (exact) mass is 1150 g/mol. The third kappa shape index (κ3) is 12.5. The Balaban J connectivity index is 0.000000184. The Morgan fingerprint density at radius 2 is 1.10 bits per heavy atom. The zero-order chi connectivity index (χ0) is 56.5. The van der Waals surface area contributed by atoms with E-state index in [-0.39, 0.29) is 36.2 Å². The fraction of sp³-hybridized carbons (Fsp3) is 0.473. The number of aromatic nitrogens is 8. The van der Waals surface area contributed by atoms with Gasteiger partial charge in [0, 0.05) is 32.2 Å². The molecule has 4 aromatic heterocycles. The van der Waals surface area contributed by atoms with Crippen LogP contribution in [0.1, 0.15) is 125 Å². The maximum atomic E-state index is 12.3. The van der Waals surface area contributed by atoms with E-state index in [4.69, 9.17) is 91.2 Å². The number of benzene rings is 2. The highest BCUT2D eigenvalue weighted by Gasteiger charge is 2.41. The van der Waals surface area contributed by atoms with Crippen LogP contribution in [-0.4, -0.2) is 128 Å². The number of aliphatic carboxylic acids is 2. The van der Waals surface area contributed by atoms with E-state index >= 15 is 0 Å². The predicted molar refractivity (Wildman–Crippen MR) is 294 cm³/mol. The normalized spacial score (nSPS) is 22.7. The number of likely N-dealkylation sites (tertiary alicyclic amines) is 2. The third-order valence-corrected chi connectivity index (χ3v) is 16.5. The second kappa shape index (κ2) is 24.3. The lowest BCUT2D eigenvalue weighted by Gasteiger charge is -2.38. The number of nitrogens with zero attached hydrogens (tertiary/aromatic N) is 10. The van der Waals surface area contributed by atoms with E-state index in [0.29, 0.717) is 38.0 Å². The quantitative estimate of drug-likeness (QED) is 0.123. The minimum Gasteiger partial charge on any atom is -0.480 e. The first-order chi connectivity index (χ1) is 37.0. The van der Waals surface area contributed by atoms with Gasteiger partial charge in [0.05, 0.1) is 54.4 Å². The Morgan fingerprint density at radius 1 is 0.692 bits per heavy atom. The number of hydrogen-bond acceptors (Lipinski definition) is 12. The molecule has 23 heteroatoms. The summed E-state index contributed by atoms with van der Waals surface area (Å²) in [6.07, 6.45) is 10.0. The molecule has 2 aliphatic heterocycles. The Kier molecular flexibility index (Phi) is 18.2. The number of aryl methyl sites for hydroxylation is 2. The van der Waals surface area contributed by atoms with Crippen LogP contribution in [0.15, 0.2) is 60.9 Å². The molecule has 0 spiro atoms. The average molecular weight is 1160 g/mol. The van der Waals surface area contributed by atoms with Crippen LogP contribution in [0, 0.1) is 25.7 Å². The molecule has 6 heterocycles. The van der Waals surface area contributed by atoms with Gasteiger partial charge in [0.15, 0.2) is 11.3 Å². The van der Waals surface area contributed by atoms with Gasteiger partial charge < -0.3 is 14.9 Å². The van der Waals surface area contributed by atoms with E-state index in [1.165, 1.54) is 12.7 Å². The van der Waals surface area contributed by atoms with Crippen molar-refractivity contribution in [2.75, 3.05) is 20.2 Å². The van der Waals surface area contributed by atoms with Crippen LogP contribution in [-0.2, 0) is 19.1 Å². The lowest BCUT2D eigenvalue weighted by molar-refractivity contribution is -0.192. The molecule has 2 N–H and O–H groups in total. The molecular weight excluding hydrogens is 1100 g/mol. The van der Waals surface area contributed by atoms with Gasteiger partial charge in [-0.1, -0.05) is 84.5 Å². The molecule has 6 aromatic rings. The Labute approximate surface area is 469 Å². The summed E-state index contributed by atoms with van der Waals surface area (Å²) < 4.78 is 40.6. The number of carboxylic acids is 2. The van der Waals surface area contributed by atoms with Crippen LogP contribution < -0.4 is 0 Å². The van der Waals surface area contributed by atoms with Crippen LogP contribution in [0.4, 0.5) is 13.2 Å². The van der Waals surface area contributed by atoms with Crippen LogP contribution in [0.5, 0.6) is 0 Å². The molecule has 2 aromatic carbocycles. The molecule has 4 unspecified atom stereocenters. The van der Waals surface area contributed by atoms with Crippen molar-refractivity contribution >= 4 is 97.8 Å². The molecule has 2 aliphatic carbocycles. The smallest absolute Gasteiger partial charge is 0.480 e. The number of hydrogen-bond donors (Lipinski definition) is 2. The van der Waals surface area contributed by atoms with Crippen LogP contribution in [0.25, 0.3) is 33.5 Å². The van der Waals surface area contributed by atoms with E-state index in [2.05, 4.69) is 42.7 Å². The first-order valence-corrected chi connectivity index (χ1v) is 27.3. The van der Waals surface area contributed by atoms with Gasteiger partial charge >= 0.3 is 24.1 Å². The Bertz CT molecular complexity index is 3300. The standard InChI is InChI=1S/C27H31Cl2N5O2.C26H29Cl2N5O2.C2HF3O2/c1-15-12-18(7-10-23(15)33-11-5-6-24(33)27(35)36-4)22-14-30-25-16(2)32-34(26(25)31-22)17(3)20-9-8-19(28)13-21(20)29;1-14-11-17(6-9-22(14)32-10-4-5-23(32)26(34)35)21-13-29-24-15(2)31-33(25(24)30-21)16(3)19-8-7-18(27)12-20(19)28;3-2(4,5)1(6)7/h7-9,13-15,17,23-24H,5-6,10-12H2,1-4H3;6-8,12-14,16,22-23H,4-5,9-11H2,1-3H3,(H,34,35);(H,6,7)/t15?,17-,23?,24+;14?,16-,22?,23+;/m11./s1. The number of rotatable bonds is 10. The van der Waals surface area contributed by atoms with Gasteiger partial charge in [0.1, 0.15) is 23.1 Å². The van der Waals surface area contributed by atoms with Crippen molar-refractivity contribution in [3.05, 3.63) is 115 Å². The number of esters is 1. The SMILES string of the molecule is COC(=O)[C@@H]1CCCN1C1CC=C(c2cnc3c(C)nn([C@H](C)c4ccc(Cl)cc4Cl)c3n2)CC1C.Cc1nn([C@H](C)c2ccc(Cl)cc2Cl)c2nc(C3=CCC(N4CCC[C@H]4C(=O)O)C(C)C3)cnc12.O=C(O)C(F)(F)F. The van der Waals surface area contributed by atoms with Crippen molar-refractivity contribution < 1.29 is 42.5 Å². The predicted octanol–water partition coefficient (Wildman–Crippen LogP) is 12.3. The number of halogens is 7. The average Bonchev–Trinajstić information content (AvgIpc) is 4.35. The maximum Gasteiger partial charge on any atom is 0.490 e. The van der Waals surface area contributed by atoms with Crippen molar-refractivity contribution in [2.45, 2.75) is 135 Å². The molecule has 416 valence electrons. The van der Waals surface area contributed by atoms with Gasteiger partial charge in [0.25, 0.3) is 0 Å². The molecule has 2 fully saturated rings. The fourth-order valence-corrected chi connectivity index (χ4v) is 12.5. The zero-order valence-electron chi connectivity index (χ0n) is 44.1. The van der Waals surface area contributed by atoms with E-state index in [1.54, 1.807) is 12.1 Å². The van der Waals surface area contributed by atoms with E-state index in [1.807, 2.05) is 66.8 Å². The number of methoxy groups -OCH3 is 1. The Hall–Kier alpha value is -5.70. The molecule has 0 bridgehead atoms. The van der Waals surface area contributed by atoms with Crippen molar-refractivity contribution in [1.82, 2.24) is 49.3 Å². The summed E-state index contributed by atoms with van der Waals surface area (Å²) in [5.41, 5.74) is 10.6. The molecule has 0 radical (unpaired) electrons. The summed E-state index contributed by atoms with van der Waals surface area (Å²) >= 11 is 25.2. The first-order valence-electron chi connectivity index (χ1n) is 25.8. The van der Waals surface area contributed by atoms with Crippen molar-refractivity contribution in [1.29, 1.82) is 0 Å². The number of fused-ring (bicyclic) bond motifs is 2. The summed E-state index contributed by atoms with van der Waals surface area (Å²) in [6, 6.07) is 10.8. The second-order valence-electron chi connectivity index (χ2n) is 20.5. The summed E-state index contributed by atoms with van der Waals surface area (Å²) in [6.45, 7) is 14.2. The Morgan fingerprint density at radius 3 is 1.47 bits per heavy atom. The number of allylic oxidation sites excluding steroid dienone is 2. The van der Waals surface area contributed by atoms with Crippen LogP contribution >= 0.6 is 46.4 Å². The van der Waals surface area contributed by atoms with Crippen molar-refractivity contribution in [3.63, 3.8) is 0 Å². The molecule has 78 heavy (non-hydrogen) atoms. The molecule has 8 atom stereocenters. The minimum atomic E-state index is -5.08. The third-order valence-electron chi connectivity index (χ3n) is 15.4. The molecule has 2 saturated heterocycles. The van der Waals surface area contributed by atoms with E-state index in [0.717, 1.165) is 126 Å². The number of alkyl halides is 3. The van der Waals surface area contributed by atoms with Gasteiger partial charge in [0.2, 0.25) is 0 Å². The topological polar surface area (TPSA) is 195 Å². The highest BCUT2D eigenvalue weighted by Crippen LogP contribution is 2.40. The lowest BCUT2D eigenvalue weighted by atomic mass is 9.83. The zero-order valence-corrected chi connectivity index (χ0v) is 47.1. The first kappa shape index (κ1) is 58.4. The summed E-state index contributed by atoms with van der Waals surface area (Å²) in [5, 5.41) is 28.6. The molecule has 10 rings (SSSR count). The second-order valence-corrected chi connectivity index (χ2v) is 22.2. The number of carboxylic acid groups (broad SMARTS) is 2. The molecule has 0 saturated carbocycles. The largest absolute Gasteiger partial charge is 0.490 e. The van der Waals surface area contributed by atoms with Gasteiger partial charge in [-0.05, 0) is 151 Å².